The maximum atomic E-state index is 12.6. The minimum atomic E-state index is -0.0115. The molecule has 0 unspecified atom stereocenters. The lowest BCUT2D eigenvalue weighted by atomic mass is 10.1. The third-order valence-electron chi connectivity index (χ3n) is 5.23. The zero-order chi connectivity index (χ0) is 21.3. The molecule has 6 heteroatoms. The Kier molecular flexibility index (Phi) is 5.97. The number of amides is 1. The summed E-state index contributed by atoms with van der Waals surface area (Å²) < 4.78 is 8.87. The van der Waals surface area contributed by atoms with Gasteiger partial charge in [-0.15, -0.1) is 0 Å². The molecule has 0 atom stereocenters. The molecule has 1 aliphatic rings. The molecule has 0 aliphatic carbocycles. The highest BCUT2D eigenvalue weighted by molar-refractivity contribution is 8.26. The van der Waals surface area contributed by atoms with Gasteiger partial charge in [0.15, 0.2) is 0 Å². The van der Waals surface area contributed by atoms with Gasteiger partial charge in [-0.25, -0.2) is 0 Å². The van der Waals surface area contributed by atoms with Crippen molar-refractivity contribution in [3.8, 4) is 5.75 Å². The molecule has 4 rings (SSSR count). The van der Waals surface area contributed by atoms with Crippen LogP contribution in [0.5, 0.6) is 5.75 Å². The van der Waals surface area contributed by atoms with Crippen LogP contribution in [0.3, 0.4) is 0 Å². The highest BCUT2D eigenvalue weighted by atomic mass is 32.2. The predicted octanol–water partition coefficient (Wildman–Crippen LogP) is 5.56. The Morgan fingerprint density at radius 1 is 1.17 bits per heavy atom. The highest BCUT2D eigenvalue weighted by Gasteiger charge is 2.30. The fourth-order valence-electron chi connectivity index (χ4n) is 3.61. The first-order valence-electron chi connectivity index (χ1n) is 10.0. The van der Waals surface area contributed by atoms with E-state index in [1.807, 2.05) is 25.1 Å². The maximum Gasteiger partial charge on any atom is 0.266 e. The number of thioether (sulfide) groups is 1. The molecule has 154 valence electrons. The minimum Gasteiger partial charge on any atom is -0.491 e. The molecular weight excluding hydrogens is 412 g/mol. The minimum absolute atomic E-state index is 0.0115. The quantitative estimate of drug-likeness (QED) is 0.374. The summed E-state index contributed by atoms with van der Waals surface area (Å²) in [6.07, 6.45) is 4.05. The molecule has 30 heavy (non-hydrogen) atoms. The average Bonchev–Trinajstić information content (AvgIpc) is 3.21. The summed E-state index contributed by atoms with van der Waals surface area (Å²) in [6, 6.07) is 14.5. The monoisotopic (exact) mass is 436 g/mol. The summed E-state index contributed by atoms with van der Waals surface area (Å²) in [5.74, 6) is 0.914. The first-order valence-corrected chi connectivity index (χ1v) is 11.2. The van der Waals surface area contributed by atoms with E-state index in [0.717, 1.165) is 34.3 Å². The van der Waals surface area contributed by atoms with Crippen LogP contribution in [-0.2, 0) is 11.3 Å². The molecule has 2 aromatic carbocycles. The van der Waals surface area contributed by atoms with Gasteiger partial charge < -0.3 is 9.30 Å². The Bertz CT molecular complexity index is 1160. The van der Waals surface area contributed by atoms with Gasteiger partial charge in [-0.2, -0.15) is 0 Å². The zero-order valence-electron chi connectivity index (χ0n) is 17.3. The van der Waals surface area contributed by atoms with E-state index in [4.69, 9.17) is 17.0 Å². The van der Waals surface area contributed by atoms with Crippen molar-refractivity contribution in [2.75, 3.05) is 13.2 Å². The molecule has 1 saturated heterocycles. The molecule has 2 heterocycles. The van der Waals surface area contributed by atoms with Gasteiger partial charge >= 0.3 is 0 Å². The van der Waals surface area contributed by atoms with Crippen LogP contribution in [0.2, 0.25) is 0 Å². The number of para-hydroxylation sites is 1. The van der Waals surface area contributed by atoms with Gasteiger partial charge in [-0.3, -0.25) is 9.69 Å². The number of carbonyl (C=O) groups excluding carboxylic acids is 1. The number of likely N-dealkylation sites (N-methyl/N-ethyl adjacent to an activating group) is 1. The lowest BCUT2D eigenvalue weighted by Gasteiger charge is -2.11. The Labute approximate surface area is 186 Å². The number of nitrogens with zero attached hydrogens (tertiary/aromatic N) is 2. The van der Waals surface area contributed by atoms with E-state index in [9.17, 15) is 4.79 Å². The molecule has 3 aromatic rings. The van der Waals surface area contributed by atoms with Crippen molar-refractivity contribution >= 4 is 51.2 Å². The van der Waals surface area contributed by atoms with Crippen LogP contribution in [-0.4, -0.2) is 32.8 Å². The largest absolute Gasteiger partial charge is 0.491 e. The Morgan fingerprint density at radius 3 is 2.73 bits per heavy atom. The number of thiocarbonyl (C=S) groups is 1. The summed E-state index contributed by atoms with van der Waals surface area (Å²) in [5.41, 5.74) is 4.47. The second-order valence-corrected chi connectivity index (χ2v) is 9.01. The van der Waals surface area contributed by atoms with Crippen molar-refractivity contribution in [2.24, 2.45) is 0 Å². The number of fused-ring (bicyclic) bond motifs is 1. The van der Waals surface area contributed by atoms with Crippen molar-refractivity contribution in [1.29, 1.82) is 0 Å². The number of ether oxygens (including phenoxy) is 1. The fourth-order valence-corrected chi connectivity index (χ4v) is 4.98. The smallest absolute Gasteiger partial charge is 0.266 e. The maximum absolute atomic E-state index is 12.6. The van der Waals surface area contributed by atoms with Crippen molar-refractivity contribution in [3.05, 3.63) is 70.3 Å². The van der Waals surface area contributed by atoms with Gasteiger partial charge in [0.25, 0.3) is 5.91 Å². The molecular formula is C24H24N2O2S2. The first kappa shape index (κ1) is 20.7. The first-order chi connectivity index (χ1) is 14.5. The van der Waals surface area contributed by atoms with E-state index in [-0.39, 0.29) is 5.91 Å². The third-order valence-corrected chi connectivity index (χ3v) is 6.61. The summed E-state index contributed by atoms with van der Waals surface area (Å²) in [4.78, 5) is 14.9. The molecule has 0 spiro atoms. The molecule has 0 bridgehead atoms. The fraction of sp³-hybridized carbons (Fsp3) is 0.250. The van der Waals surface area contributed by atoms with Gasteiger partial charge in [-0.1, -0.05) is 54.3 Å². The van der Waals surface area contributed by atoms with Gasteiger partial charge in [0.1, 0.15) is 16.7 Å². The van der Waals surface area contributed by atoms with Crippen LogP contribution in [0.4, 0.5) is 0 Å². The summed E-state index contributed by atoms with van der Waals surface area (Å²) in [6.45, 7) is 7.95. The number of carbonyl (C=O) groups is 1. The molecule has 1 aromatic heterocycles. The van der Waals surface area contributed by atoms with Crippen LogP contribution < -0.4 is 4.74 Å². The third kappa shape index (κ3) is 4.02. The number of hydrogen-bond donors (Lipinski definition) is 0. The molecule has 0 radical (unpaired) electrons. The van der Waals surface area contributed by atoms with E-state index >= 15 is 0 Å². The summed E-state index contributed by atoms with van der Waals surface area (Å²) in [5, 5.41) is 1.12. The Hall–Kier alpha value is -2.57. The Morgan fingerprint density at radius 2 is 1.97 bits per heavy atom. The zero-order valence-corrected chi connectivity index (χ0v) is 19.0. The number of aryl methyl sites for hydroxylation is 2. The molecule has 1 amide bonds. The SMILES string of the molecule is CCN1C(=O)/C(=C/c2cn(CCOc3cc(C)ccc3C)c3ccccc23)SC1=S. The van der Waals surface area contributed by atoms with E-state index in [0.29, 0.717) is 22.4 Å². The van der Waals surface area contributed by atoms with Crippen molar-refractivity contribution < 1.29 is 9.53 Å². The number of benzene rings is 2. The second-order valence-electron chi connectivity index (χ2n) is 7.34. The van der Waals surface area contributed by atoms with Gasteiger partial charge in [-0.05, 0) is 50.1 Å². The lowest BCUT2D eigenvalue weighted by Crippen LogP contribution is -2.27. The van der Waals surface area contributed by atoms with Crippen LogP contribution >= 0.6 is 24.0 Å². The highest BCUT2D eigenvalue weighted by Crippen LogP contribution is 2.34. The van der Waals surface area contributed by atoms with Crippen molar-refractivity contribution in [2.45, 2.75) is 27.3 Å². The molecule has 0 saturated carbocycles. The summed E-state index contributed by atoms with van der Waals surface area (Å²) in [7, 11) is 0. The van der Waals surface area contributed by atoms with E-state index in [2.05, 4.69) is 54.9 Å². The number of aromatic nitrogens is 1. The van der Waals surface area contributed by atoms with Crippen molar-refractivity contribution in [1.82, 2.24) is 9.47 Å². The molecule has 1 aliphatic heterocycles. The molecule has 4 nitrogen and oxygen atoms in total. The lowest BCUT2D eigenvalue weighted by molar-refractivity contribution is -0.121. The number of rotatable bonds is 6. The van der Waals surface area contributed by atoms with E-state index < -0.39 is 0 Å². The predicted molar refractivity (Wildman–Crippen MR) is 129 cm³/mol. The van der Waals surface area contributed by atoms with Crippen LogP contribution in [0.25, 0.3) is 17.0 Å². The van der Waals surface area contributed by atoms with Gasteiger partial charge in [0.2, 0.25) is 0 Å². The summed E-state index contributed by atoms with van der Waals surface area (Å²) >= 11 is 6.71. The van der Waals surface area contributed by atoms with Crippen molar-refractivity contribution in [3.63, 3.8) is 0 Å². The molecule has 1 fully saturated rings. The van der Waals surface area contributed by atoms with Crippen LogP contribution in [0.1, 0.15) is 23.6 Å². The van der Waals surface area contributed by atoms with Crippen LogP contribution in [0.15, 0.2) is 53.6 Å². The standard InChI is InChI=1S/C24H24N2O2S2/c1-4-26-23(27)22(30-24(26)29)14-18-15-25(20-8-6-5-7-19(18)20)11-12-28-21-13-16(2)9-10-17(21)3/h5-10,13-15H,4,11-12H2,1-3H3/b22-14-. The second kappa shape index (κ2) is 8.66. The van der Waals surface area contributed by atoms with E-state index in [1.54, 1.807) is 4.90 Å². The molecule has 0 N–H and O–H groups in total. The average molecular weight is 437 g/mol. The van der Waals surface area contributed by atoms with Gasteiger partial charge in [0.05, 0.1) is 11.4 Å². The Balaban J connectivity index is 1.58. The van der Waals surface area contributed by atoms with E-state index in [1.165, 1.54) is 17.3 Å². The topological polar surface area (TPSA) is 34.5 Å². The van der Waals surface area contributed by atoms with Gasteiger partial charge in [0, 0.05) is 29.2 Å². The number of hydrogen-bond acceptors (Lipinski definition) is 4. The van der Waals surface area contributed by atoms with Crippen LogP contribution in [0, 0.1) is 13.8 Å². The normalized spacial score (nSPS) is 15.6.